The SMILES string of the molecule is CC(C)CCC(=O)NC(C)CCN1CCOCC1. The van der Waals surface area contributed by atoms with Crippen LogP contribution >= 0.6 is 0 Å². The maximum Gasteiger partial charge on any atom is 0.220 e. The Morgan fingerprint density at radius 1 is 1.22 bits per heavy atom. The van der Waals surface area contributed by atoms with E-state index in [2.05, 4.69) is 31.0 Å². The molecule has 0 aromatic carbocycles. The van der Waals surface area contributed by atoms with Crippen molar-refractivity contribution in [3.8, 4) is 0 Å². The molecule has 1 unspecified atom stereocenters. The Balaban J connectivity index is 2.08. The Hall–Kier alpha value is -0.610. The molecule has 1 fully saturated rings. The van der Waals surface area contributed by atoms with Crippen molar-refractivity contribution in [1.82, 2.24) is 10.2 Å². The molecule has 4 heteroatoms. The topological polar surface area (TPSA) is 41.6 Å². The molecule has 18 heavy (non-hydrogen) atoms. The molecule has 1 amide bonds. The van der Waals surface area contributed by atoms with Gasteiger partial charge in [-0.1, -0.05) is 13.8 Å². The fourth-order valence-corrected chi connectivity index (χ4v) is 2.04. The Bertz CT molecular complexity index is 238. The number of hydrogen-bond acceptors (Lipinski definition) is 3. The van der Waals surface area contributed by atoms with Crippen LogP contribution in [0.5, 0.6) is 0 Å². The molecule has 1 heterocycles. The number of morpholine rings is 1. The van der Waals surface area contributed by atoms with Crippen LogP contribution in [0, 0.1) is 5.92 Å². The second-order valence-electron chi connectivity index (χ2n) is 5.64. The number of ether oxygens (including phenoxy) is 1. The van der Waals surface area contributed by atoms with Crippen molar-refractivity contribution < 1.29 is 9.53 Å². The monoisotopic (exact) mass is 256 g/mol. The third-order valence-electron chi connectivity index (χ3n) is 3.34. The number of hydrogen-bond donors (Lipinski definition) is 1. The average molecular weight is 256 g/mol. The predicted molar refractivity (Wildman–Crippen MR) is 73.6 cm³/mol. The highest BCUT2D eigenvalue weighted by Gasteiger charge is 2.13. The standard InChI is InChI=1S/C14H28N2O2/c1-12(2)4-5-14(17)15-13(3)6-7-16-8-10-18-11-9-16/h12-13H,4-11H2,1-3H3,(H,15,17). The summed E-state index contributed by atoms with van der Waals surface area (Å²) >= 11 is 0. The first-order chi connectivity index (χ1) is 8.58. The van der Waals surface area contributed by atoms with Gasteiger partial charge in [0.1, 0.15) is 0 Å². The normalized spacial score (nSPS) is 18.9. The van der Waals surface area contributed by atoms with Crippen molar-refractivity contribution in [2.75, 3.05) is 32.8 Å². The van der Waals surface area contributed by atoms with E-state index in [-0.39, 0.29) is 11.9 Å². The van der Waals surface area contributed by atoms with E-state index in [9.17, 15) is 4.79 Å². The van der Waals surface area contributed by atoms with Gasteiger partial charge >= 0.3 is 0 Å². The zero-order valence-electron chi connectivity index (χ0n) is 12.1. The van der Waals surface area contributed by atoms with E-state index in [4.69, 9.17) is 4.74 Å². The first-order valence-electron chi connectivity index (χ1n) is 7.17. The van der Waals surface area contributed by atoms with Gasteiger partial charge in [-0.3, -0.25) is 9.69 Å². The molecule has 0 bridgehead atoms. The molecule has 106 valence electrons. The molecule has 1 aliphatic heterocycles. The molecule has 0 radical (unpaired) electrons. The molecule has 1 atom stereocenters. The molecule has 0 aromatic heterocycles. The van der Waals surface area contributed by atoms with Gasteiger partial charge in [-0.15, -0.1) is 0 Å². The third kappa shape index (κ3) is 6.97. The van der Waals surface area contributed by atoms with Crippen molar-refractivity contribution in [1.29, 1.82) is 0 Å². The zero-order valence-corrected chi connectivity index (χ0v) is 12.1. The quantitative estimate of drug-likeness (QED) is 0.753. The van der Waals surface area contributed by atoms with Crippen LogP contribution in [-0.2, 0) is 9.53 Å². The molecule has 1 rings (SSSR count). The lowest BCUT2D eigenvalue weighted by molar-refractivity contribution is -0.122. The minimum absolute atomic E-state index is 0.193. The molecule has 1 aliphatic rings. The van der Waals surface area contributed by atoms with Gasteiger partial charge in [0.05, 0.1) is 13.2 Å². The Kier molecular flexibility index (Phi) is 7.28. The van der Waals surface area contributed by atoms with Crippen LogP contribution in [0.1, 0.15) is 40.0 Å². The summed E-state index contributed by atoms with van der Waals surface area (Å²) < 4.78 is 5.31. The largest absolute Gasteiger partial charge is 0.379 e. The summed E-state index contributed by atoms with van der Waals surface area (Å²) in [6.07, 6.45) is 2.65. The van der Waals surface area contributed by atoms with E-state index in [1.807, 2.05) is 0 Å². The van der Waals surface area contributed by atoms with Crippen molar-refractivity contribution in [2.45, 2.75) is 46.1 Å². The van der Waals surface area contributed by atoms with Gasteiger partial charge in [-0.25, -0.2) is 0 Å². The van der Waals surface area contributed by atoms with Crippen molar-refractivity contribution in [2.24, 2.45) is 5.92 Å². The smallest absolute Gasteiger partial charge is 0.220 e. The Morgan fingerprint density at radius 2 is 1.89 bits per heavy atom. The number of amides is 1. The molecule has 0 aromatic rings. The highest BCUT2D eigenvalue weighted by Crippen LogP contribution is 2.04. The van der Waals surface area contributed by atoms with Crippen LogP contribution in [-0.4, -0.2) is 49.7 Å². The van der Waals surface area contributed by atoms with Gasteiger partial charge < -0.3 is 10.1 Å². The van der Waals surface area contributed by atoms with E-state index >= 15 is 0 Å². The second-order valence-corrected chi connectivity index (χ2v) is 5.64. The minimum atomic E-state index is 0.193. The minimum Gasteiger partial charge on any atom is -0.379 e. The lowest BCUT2D eigenvalue weighted by Crippen LogP contribution is -2.40. The summed E-state index contributed by atoms with van der Waals surface area (Å²) in [6.45, 7) is 11.2. The van der Waals surface area contributed by atoms with E-state index in [0.29, 0.717) is 12.3 Å². The third-order valence-corrected chi connectivity index (χ3v) is 3.34. The highest BCUT2D eigenvalue weighted by molar-refractivity contribution is 5.76. The van der Waals surface area contributed by atoms with Gasteiger partial charge in [0.2, 0.25) is 5.91 Å². The number of carbonyl (C=O) groups excluding carboxylic acids is 1. The molecule has 0 aliphatic carbocycles. The number of nitrogens with one attached hydrogen (secondary N) is 1. The van der Waals surface area contributed by atoms with Gasteiger partial charge in [0, 0.05) is 32.1 Å². The lowest BCUT2D eigenvalue weighted by Gasteiger charge is -2.27. The van der Waals surface area contributed by atoms with Crippen LogP contribution in [0.2, 0.25) is 0 Å². The molecule has 1 N–H and O–H groups in total. The first-order valence-corrected chi connectivity index (χ1v) is 7.17. The zero-order chi connectivity index (χ0) is 13.4. The van der Waals surface area contributed by atoms with Crippen LogP contribution < -0.4 is 5.32 Å². The van der Waals surface area contributed by atoms with Gasteiger partial charge in [0.25, 0.3) is 0 Å². The summed E-state index contributed by atoms with van der Waals surface area (Å²) in [4.78, 5) is 14.1. The molecule has 0 spiro atoms. The second kappa shape index (κ2) is 8.48. The summed E-state index contributed by atoms with van der Waals surface area (Å²) in [7, 11) is 0. The number of carbonyl (C=O) groups is 1. The number of nitrogens with zero attached hydrogens (tertiary/aromatic N) is 1. The molecule has 1 saturated heterocycles. The van der Waals surface area contributed by atoms with E-state index in [1.165, 1.54) is 0 Å². The van der Waals surface area contributed by atoms with E-state index < -0.39 is 0 Å². The highest BCUT2D eigenvalue weighted by atomic mass is 16.5. The van der Waals surface area contributed by atoms with E-state index in [1.54, 1.807) is 0 Å². The predicted octanol–water partition coefficient (Wildman–Crippen LogP) is 1.65. The van der Waals surface area contributed by atoms with Crippen molar-refractivity contribution >= 4 is 5.91 Å². The van der Waals surface area contributed by atoms with Gasteiger partial charge in [-0.2, -0.15) is 0 Å². The number of rotatable bonds is 7. The molecular weight excluding hydrogens is 228 g/mol. The summed E-state index contributed by atoms with van der Waals surface area (Å²) in [6, 6.07) is 0.271. The average Bonchev–Trinajstić information content (AvgIpc) is 2.35. The van der Waals surface area contributed by atoms with E-state index in [0.717, 1.165) is 45.7 Å². The van der Waals surface area contributed by atoms with Crippen LogP contribution in [0.4, 0.5) is 0 Å². The van der Waals surface area contributed by atoms with Gasteiger partial charge in [-0.05, 0) is 25.7 Å². The van der Waals surface area contributed by atoms with Crippen molar-refractivity contribution in [3.05, 3.63) is 0 Å². The lowest BCUT2D eigenvalue weighted by atomic mass is 10.1. The summed E-state index contributed by atoms with van der Waals surface area (Å²) in [5.41, 5.74) is 0. The van der Waals surface area contributed by atoms with Crippen LogP contribution in [0.3, 0.4) is 0 Å². The van der Waals surface area contributed by atoms with Crippen LogP contribution in [0.25, 0.3) is 0 Å². The molecule has 0 saturated carbocycles. The Morgan fingerprint density at radius 3 is 2.50 bits per heavy atom. The van der Waals surface area contributed by atoms with Gasteiger partial charge in [0.15, 0.2) is 0 Å². The Labute approximate surface area is 111 Å². The fourth-order valence-electron chi connectivity index (χ4n) is 2.04. The first kappa shape index (κ1) is 15.4. The maximum atomic E-state index is 11.7. The fraction of sp³-hybridized carbons (Fsp3) is 0.929. The molecular formula is C14H28N2O2. The molecule has 4 nitrogen and oxygen atoms in total. The maximum absolute atomic E-state index is 11.7. The summed E-state index contributed by atoms with van der Waals surface area (Å²) in [5.74, 6) is 0.789. The van der Waals surface area contributed by atoms with Crippen molar-refractivity contribution in [3.63, 3.8) is 0 Å². The summed E-state index contributed by atoms with van der Waals surface area (Å²) in [5, 5.41) is 3.08. The van der Waals surface area contributed by atoms with Crippen LogP contribution in [0.15, 0.2) is 0 Å².